The van der Waals surface area contributed by atoms with Gasteiger partial charge in [-0.2, -0.15) is 0 Å². The lowest BCUT2D eigenvalue weighted by Gasteiger charge is -2.21. The molecule has 0 aromatic rings. The molecule has 2 N–H and O–H groups in total. The Balaban J connectivity index is 2.59. The zero-order chi connectivity index (χ0) is 10.8. The summed E-state index contributed by atoms with van der Waals surface area (Å²) >= 11 is 0. The molecule has 82 valence electrons. The first kappa shape index (κ1) is 11.4. The number of hydrogen-bond acceptors (Lipinski definition) is 5. The number of hydrogen-bond donors (Lipinski definition) is 1. The van der Waals surface area contributed by atoms with Crippen molar-refractivity contribution in [2.45, 2.75) is 25.7 Å². The van der Waals surface area contributed by atoms with Gasteiger partial charge in [0.15, 0.2) is 5.79 Å². The van der Waals surface area contributed by atoms with Crippen molar-refractivity contribution in [3.8, 4) is 0 Å². The van der Waals surface area contributed by atoms with E-state index in [1.165, 1.54) is 7.11 Å². The molecule has 0 aliphatic carbocycles. The Labute approximate surface area is 83.5 Å². The van der Waals surface area contributed by atoms with E-state index in [1.807, 2.05) is 0 Å². The summed E-state index contributed by atoms with van der Waals surface area (Å²) in [6.45, 7) is 4.19. The van der Waals surface area contributed by atoms with Crippen molar-refractivity contribution in [2.75, 3.05) is 20.3 Å². The number of nitrogens with two attached hydrogens (primary N) is 1. The second-order valence-electron chi connectivity index (χ2n) is 3.73. The summed E-state index contributed by atoms with van der Waals surface area (Å²) in [4.78, 5) is 11.3. The van der Waals surface area contributed by atoms with Gasteiger partial charge in [0.2, 0.25) is 0 Å². The largest absolute Gasteiger partial charge is 0.469 e. The monoisotopic (exact) mass is 203 g/mol. The third-order valence-electron chi connectivity index (χ3n) is 2.24. The molecule has 0 spiro atoms. The Morgan fingerprint density at radius 3 is 2.71 bits per heavy atom. The second-order valence-corrected chi connectivity index (χ2v) is 3.73. The average Bonchev–Trinajstić information content (AvgIpc) is 2.47. The number of carbonyl (C=O) groups is 1. The Kier molecular flexibility index (Phi) is 3.47. The molecule has 5 nitrogen and oxygen atoms in total. The van der Waals surface area contributed by atoms with E-state index in [0.717, 1.165) is 0 Å². The predicted molar refractivity (Wildman–Crippen MR) is 49.5 cm³/mol. The van der Waals surface area contributed by atoms with Crippen LogP contribution >= 0.6 is 0 Å². The van der Waals surface area contributed by atoms with Crippen molar-refractivity contribution in [1.29, 1.82) is 0 Å². The minimum absolute atomic E-state index is 0.205. The van der Waals surface area contributed by atoms with Gasteiger partial charge in [-0.05, 0) is 13.8 Å². The highest BCUT2D eigenvalue weighted by molar-refractivity contribution is 5.73. The minimum Gasteiger partial charge on any atom is -0.469 e. The lowest BCUT2D eigenvalue weighted by atomic mass is 10.0. The molecule has 1 saturated heterocycles. The van der Waals surface area contributed by atoms with Crippen LogP contribution in [-0.4, -0.2) is 38.1 Å². The van der Waals surface area contributed by atoms with Gasteiger partial charge in [-0.1, -0.05) is 0 Å². The normalized spacial score (nSPS) is 27.3. The first-order chi connectivity index (χ1) is 6.50. The summed E-state index contributed by atoms with van der Waals surface area (Å²) < 4.78 is 15.5. The molecule has 0 amide bonds. The maximum atomic E-state index is 11.3. The van der Waals surface area contributed by atoms with E-state index in [-0.39, 0.29) is 18.6 Å². The summed E-state index contributed by atoms with van der Waals surface area (Å²) in [7, 11) is 1.34. The molecule has 1 heterocycles. The van der Waals surface area contributed by atoms with E-state index < -0.39 is 11.7 Å². The van der Waals surface area contributed by atoms with Crippen LogP contribution in [0, 0.1) is 5.92 Å². The number of esters is 1. The Bertz CT molecular complexity index is 217. The number of methoxy groups -OCH3 is 1. The van der Waals surface area contributed by atoms with Gasteiger partial charge in [0, 0.05) is 6.54 Å². The van der Waals surface area contributed by atoms with Crippen molar-refractivity contribution in [3.05, 3.63) is 0 Å². The van der Waals surface area contributed by atoms with Crippen LogP contribution in [0.1, 0.15) is 13.8 Å². The molecule has 0 unspecified atom stereocenters. The Hall–Kier alpha value is -0.650. The highest BCUT2D eigenvalue weighted by Gasteiger charge is 2.40. The summed E-state index contributed by atoms with van der Waals surface area (Å²) in [6.07, 6.45) is -0.303. The summed E-state index contributed by atoms with van der Waals surface area (Å²) in [5.74, 6) is -1.42. The molecule has 0 radical (unpaired) electrons. The molecule has 1 aliphatic heterocycles. The van der Waals surface area contributed by atoms with E-state index in [9.17, 15) is 4.79 Å². The van der Waals surface area contributed by atoms with Crippen molar-refractivity contribution in [1.82, 2.24) is 0 Å². The molecular weight excluding hydrogens is 186 g/mol. The van der Waals surface area contributed by atoms with Crippen LogP contribution in [0.4, 0.5) is 0 Å². The zero-order valence-electron chi connectivity index (χ0n) is 8.78. The molecule has 0 bridgehead atoms. The third kappa shape index (κ3) is 2.43. The maximum Gasteiger partial charge on any atom is 0.312 e. The molecule has 2 atom stereocenters. The zero-order valence-corrected chi connectivity index (χ0v) is 8.78. The van der Waals surface area contributed by atoms with Crippen LogP contribution in [0.2, 0.25) is 0 Å². The van der Waals surface area contributed by atoms with Gasteiger partial charge >= 0.3 is 5.97 Å². The van der Waals surface area contributed by atoms with Crippen LogP contribution in [0.25, 0.3) is 0 Å². The highest BCUT2D eigenvalue weighted by atomic mass is 16.7. The Morgan fingerprint density at radius 2 is 2.36 bits per heavy atom. The molecule has 5 heteroatoms. The van der Waals surface area contributed by atoms with E-state index in [4.69, 9.17) is 15.2 Å². The fourth-order valence-corrected chi connectivity index (χ4v) is 1.46. The molecule has 14 heavy (non-hydrogen) atoms. The molecule has 1 rings (SSSR count). The predicted octanol–water partition coefficient (Wildman–Crippen LogP) is -0.114. The summed E-state index contributed by atoms with van der Waals surface area (Å²) in [5.41, 5.74) is 5.48. The van der Waals surface area contributed by atoms with Gasteiger partial charge in [0.25, 0.3) is 0 Å². The third-order valence-corrected chi connectivity index (χ3v) is 2.24. The fraction of sp³-hybridized carbons (Fsp3) is 0.889. The van der Waals surface area contributed by atoms with Gasteiger partial charge < -0.3 is 19.9 Å². The van der Waals surface area contributed by atoms with Crippen molar-refractivity contribution >= 4 is 5.97 Å². The Morgan fingerprint density at radius 1 is 1.71 bits per heavy atom. The smallest absolute Gasteiger partial charge is 0.312 e. The number of rotatable bonds is 3. The van der Waals surface area contributed by atoms with E-state index in [0.29, 0.717) is 6.61 Å². The standard InChI is InChI=1S/C9H17NO4/c1-9(2)13-5-7(14-9)6(4-10)8(11)12-3/h6-7H,4-5,10H2,1-3H3/t6-,7+/m0/s1. The highest BCUT2D eigenvalue weighted by Crippen LogP contribution is 2.26. The van der Waals surface area contributed by atoms with Gasteiger partial charge in [-0.15, -0.1) is 0 Å². The van der Waals surface area contributed by atoms with Crippen molar-refractivity contribution in [3.63, 3.8) is 0 Å². The van der Waals surface area contributed by atoms with Gasteiger partial charge in [-0.3, -0.25) is 4.79 Å². The van der Waals surface area contributed by atoms with Crippen LogP contribution < -0.4 is 5.73 Å². The fourth-order valence-electron chi connectivity index (χ4n) is 1.46. The molecule has 1 fully saturated rings. The topological polar surface area (TPSA) is 70.8 Å². The lowest BCUT2D eigenvalue weighted by Crippen LogP contribution is -2.37. The van der Waals surface area contributed by atoms with E-state index in [1.54, 1.807) is 13.8 Å². The SMILES string of the molecule is COC(=O)[C@@H](CN)[C@H]1COC(C)(C)O1. The van der Waals surface area contributed by atoms with Gasteiger partial charge in [0.1, 0.15) is 0 Å². The van der Waals surface area contributed by atoms with Gasteiger partial charge in [-0.25, -0.2) is 0 Å². The number of ether oxygens (including phenoxy) is 3. The second kappa shape index (κ2) is 4.25. The number of carbonyl (C=O) groups excluding carboxylic acids is 1. The molecule has 0 aromatic heterocycles. The van der Waals surface area contributed by atoms with Gasteiger partial charge in [0.05, 0.1) is 25.7 Å². The lowest BCUT2D eigenvalue weighted by molar-refractivity contribution is -0.160. The molecule has 0 saturated carbocycles. The van der Waals surface area contributed by atoms with E-state index >= 15 is 0 Å². The average molecular weight is 203 g/mol. The van der Waals surface area contributed by atoms with Crippen molar-refractivity contribution < 1.29 is 19.0 Å². The molecule has 1 aliphatic rings. The summed E-state index contributed by atoms with van der Waals surface area (Å²) in [5, 5.41) is 0. The van der Waals surface area contributed by atoms with Crippen LogP contribution in [0.5, 0.6) is 0 Å². The molecular formula is C9H17NO4. The van der Waals surface area contributed by atoms with Crippen LogP contribution in [0.15, 0.2) is 0 Å². The van der Waals surface area contributed by atoms with Crippen LogP contribution in [-0.2, 0) is 19.0 Å². The minimum atomic E-state index is -0.633. The first-order valence-electron chi connectivity index (χ1n) is 4.60. The first-order valence-corrected chi connectivity index (χ1v) is 4.60. The molecule has 0 aromatic carbocycles. The quantitative estimate of drug-likeness (QED) is 0.648. The van der Waals surface area contributed by atoms with E-state index in [2.05, 4.69) is 4.74 Å². The summed E-state index contributed by atoms with van der Waals surface area (Å²) in [6, 6.07) is 0. The van der Waals surface area contributed by atoms with Crippen LogP contribution in [0.3, 0.4) is 0 Å². The van der Waals surface area contributed by atoms with Crippen molar-refractivity contribution in [2.24, 2.45) is 11.7 Å². The maximum absolute atomic E-state index is 11.3.